The van der Waals surface area contributed by atoms with E-state index in [1.807, 2.05) is 39.1 Å². The molecule has 2 heterocycles. The van der Waals surface area contributed by atoms with Gasteiger partial charge in [-0.2, -0.15) is 15.6 Å². The van der Waals surface area contributed by atoms with Crippen LogP contribution in [0.3, 0.4) is 0 Å². The Balaban J connectivity index is 1.58. The second-order valence-corrected chi connectivity index (χ2v) is 10.5. The zero-order valence-corrected chi connectivity index (χ0v) is 20.0. The molecule has 1 aliphatic heterocycles. The fourth-order valence-electron chi connectivity index (χ4n) is 3.81. The number of amides is 2. The Hall–Kier alpha value is -2.23. The van der Waals surface area contributed by atoms with Gasteiger partial charge in [-0.15, -0.1) is 0 Å². The van der Waals surface area contributed by atoms with Gasteiger partial charge in [-0.1, -0.05) is 6.07 Å². The quantitative estimate of drug-likeness (QED) is 0.714. The molecule has 0 spiro atoms. The molecule has 1 N–H and O–H groups in total. The molecule has 1 fully saturated rings. The number of piperazine rings is 1. The average Bonchev–Trinajstić information content (AvgIpc) is 3.27. The van der Waals surface area contributed by atoms with Crippen LogP contribution in [0.4, 0.5) is 0 Å². The molecular weight excluding hydrogens is 434 g/mol. The Kier molecular flexibility index (Phi) is 7.18. The third kappa shape index (κ3) is 4.99. The topological polar surface area (TPSA) is 86.8 Å². The van der Waals surface area contributed by atoms with Gasteiger partial charge in [-0.05, 0) is 61.4 Å². The Morgan fingerprint density at radius 3 is 2.19 bits per heavy atom. The van der Waals surface area contributed by atoms with Gasteiger partial charge in [-0.3, -0.25) is 9.59 Å². The maximum absolute atomic E-state index is 13.3. The third-order valence-electron chi connectivity index (χ3n) is 5.89. The maximum atomic E-state index is 13.3. The lowest BCUT2D eigenvalue weighted by Gasteiger charge is -2.35. The fraction of sp³-hybridized carbons (Fsp3) is 0.455. The minimum atomic E-state index is -3.63. The summed E-state index contributed by atoms with van der Waals surface area (Å²) < 4.78 is 28.2. The SMILES string of the molecule is Cc1cc(C)c(C)c(S(=O)(=O)N2CCN(C(=O)CCNC(=O)c3ccsc3)CC2)c1C. The van der Waals surface area contributed by atoms with E-state index in [1.54, 1.807) is 16.3 Å². The molecule has 1 aliphatic rings. The van der Waals surface area contributed by atoms with Crippen LogP contribution in [-0.4, -0.2) is 62.2 Å². The first-order valence-electron chi connectivity index (χ1n) is 10.3. The number of nitrogens with zero attached hydrogens (tertiary/aromatic N) is 2. The molecule has 31 heavy (non-hydrogen) atoms. The smallest absolute Gasteiger partial charge is 0.252 e. The fourth-order valence-corrected chi connectivity index (χ4v) is 6.45. The number of nitrogens with one attached hydrogen (secondary N) is 1. The van der Waals surface area contributed by atoms with Crippen molar-refractivity contribution in [2.45, 2.75) is 39.0 Å². The largest absolute Gasteiger partial charge is 0.351 e. The summed E-state index contributed by atoms with van der Waals surface area (Å²) in [4.78, 5) is 26.5. The molecule has 2 aromatic rings. The first-order valence-corrected chi connectivity index (χ1v) is 12.7. The molecule has 0 radical (unpaired) electrons. The van der Waals surface area contributed by atoms with Crippen molar-refractivity contribution >= 4 is 33.2 Å². The van der Waals surface area contributed by atoms with Gasteiger partial charge < -0.3 is 10.2 Å². The van der Waals surface area contributed by atoms with Crippen LogP contribution in [0.2, 0.25) is 0 Å². The number of hydrogen-bond donors (Lipinski definition) is 1. The van der Waals surface area contributed by atoms with E-state index in [-0.39, 0.29) is 37.9 Å². The van der Waals surface area contributed by atoms with Gasteiger partial charge in [0.25, 0.3) is 5.91 Å². The monoisotopic (exact) mass is 463 g/mol. The number of hydrogen-bond acceptors (Lipinski definition) is 5. The lowest BCUT2D eigenvalue weighted by Crippen LogP contribution is -2.51. The van der Waals surface area contributed by atoms with Crippen molar-refractivity contribution in [1.29, 1.82) is 0 Å². The van der Waals surface area contributed by atoms with Crippen LogP contribution in [0.15, 0.2) is 27.8 Å². The number of thiophene rings is 1. The number of benzene rings is 1. The van der Waals surface area contributed by atoms with E-state index in [1.165, 1.54) is 15.6 Å². The molecule has 0 saturated carbocycles. The van der Waals surface area contributed by atoms with Gasteiger partial charge >= 0.3 is 0 Å². The van der Waals surface area contributed by atoms with Crippen LogP contribution in [0, 0.1) is 27.7 Å². The summed E-state index contributed by atoms with van der Waals surface area (Å²) in [5, 5.41) is 6.33. The predicted octanol–water partition coefficient (Wildman–Crippen LogP) is 2.63. The van der Waals surface area contributed by atoms with Crippen molar-refractivity contribution in [3.63, 3.8) is 0 Å². The normalized spacial score (nSPS) is 15.2. The minimum Gasteiger partial charge on any atom is -0.351 e. The molecule has 2 amide bonds. The van der Waals surface area contributed by atoms with Crippen LogP contribution in [-0.2, 0) is 14.8 Å². The molecule has 0 aliphatic carbocycles. The molecule has 1 aromatic heterocycles. The Morgan fingerprint density at radius 1 is 1.03 bits per heavy atom. The van der Waals surface area contributed by atoms with E-state index in [0.29, 0.717) is 23.5 Å². The van der Waals surface area contributed by atoms with Gasteiger partial charge in [0.15, 0.2) is 0 Å². The summed E-state index contributed by atoms with van der Waals surface area (Å²) in [6.07, 6.45) is 0.192. The lowest BCUT2D eigenvalue weighted by atomic mass is 10.0. The molecule has 0 unspecified atom stereocenters. The zero-order chi connectivity index (χ0) is 22.8. The van der Waals surface area contributed by atoms with Crippen molar-refractivity contribution < 1.29 is 18.0 Å². The summed E-state index contributed by atoms with van der Waals surface area (Å²) in [5.41, 5.74) is 4.07. The zero-order valence-electron chi connectivity index (χ0n) is 18.4. The summed E-state index contributed by atoms with van der Waals surface area (Å²) in [6.45, 7) is 9.02. The van der Waals surface area contributed by atoms with Gasteiger partial charge in [0.05, 0.1) is 4.90 Å². The molecule has 9 heteroatoms. The minimum absolute atomic E-state index is 0.0820. The third-order valence-corrected chi connectivity index (χ3v) is 8.75. The Morgan fingerprint density at radius 2 is 1.65 bits per heavy atom. The Labute approximate surface area is 188 Å². The maximum Gasteiger partial charge on any atom is 0.252 e. The molecule has 7 nitrogen and oxygen atoms in total. The number of rotatable bonds is 6. The van der Waals surface area contributed by atoms with E-state index in [4.69, 9.17) is 0 Å². The second-order valence-electron chi connectivity index (χ2n) is 7.89. The van der Waals surface area contributed by atoms with Gasteiger partial charge in [-0.25, -0.2) is 8.42 Å². The number of aryl methyl sites for hydroxylation is 2. The number of carbonyl (C=O) groups excluding carboxylic acids is 2. The highest BCUT2D eigenvalue weighted by molar-refractivity contribution is 7.89. The standard InChI is InChI=1S/C22H29N3O4S2/c1-15-13-16(2)18(4)21(17(15)3)31(28,29)25-10-8-24(9-11-25)20(26)5-7-23-22(27)19-6-12-30-14-19/h6,12-14H,5,7-11H2,1-4H3,(H,23,27). The first kappa shape index (κ1) is 23.4. The van der Waals surface area contributed by atoms with Crippen LogP contribution < -0.4 is 5.32 Å². The van der Waals surface area contributed by atoms with E-state index >= 15 is 0 Å². The lowest BCUT2D eigenvalue weighted by molar-refractivity contribution is -0.132. The van der Waals surface area contributed by atoms with Crippen molar-refractivity contribution in [2.75, 3.05) is 32.7 Å². The van der Waals surface area contributed by atoms with Crippen LogP contribution in [0.5, 0.6) is 0 Å². The number of carbonyl (C=O) groups is 2. The number of sulfonamides is 1. The van der Waals surface area contributed by atoms with Gasteiger partial charge in [0.1, 0.15) is 0 Å². The van der Waals surface area contributed by atoms with E-state index in [0.717, 1.165) is 22.3 Å². The summed E-state index contributed by atoms with van der Waals surface area (Å²) in [7, 11) is -3.63. The molecule has 1 saturated heterocycles. The molecular formula is C22H29N3O4S2. The molecule has 1 aromatic carbocycles. The highest BCUT2D eigenvalue weighted by Gasteiger charge is 2.32. The van der Waals surface area contributed by atoms with Crippen LogP contribution >= 0.6 is 11.3 Å². The highest BCUT2D eigenvalue weighted by Crippen LogP contribution is 2.29. The predicted molar refractivity (Wildman–Crippen MR) is 122 cm³/mol. The molecule has 3 rings (SSSR count). The van der Waals surface area contributed by atoms with Crippen molar-refractivity contribution in [1.82, 2.24) is 14.5 Å². The molecule has 0 atom stereocenters. The van der Waals surface area contributed by atoms with Gasteiger partial charge in [0, 0.05) is 50.1 Å². The van der Waals surface area contributed by atoms with Gasteiger partial charge in [0.2, 0.25) is 15.9 Å². The van der Waals surface area contributed by atoms with Crippen molar-refractivity contribution in [3.05, 3.63) is 50.7 Å². The van der Waals surface area contributed by atoms with E-state index in [2.05, 4.69) is 5.32 Å². The summed E-state index contributed by atoms with van der Waals surface area (Å²) in [5.74, 6) is -0.273. The van der Waals surface area contributed by atoms with Crippen molar-refractivity contribution in [2.24, 2.45) is 0 Å². The van der Waals surface area contributed by atoms with E-state index < -0.39 is 10.0 Å². The Bertz CT molecular complexity index is 1040. The second kappa shape index (κ2) is 9.50. The molecule has 0 bridgehead atoms. The highest BCUT2D eigenvalue weighted by atomic mass is 32.2. The molecule has 168 valence electrons. The average molecular weight is 464 g/mol. The van der Waals surface area contributed by atoms with E-state index in [9.17, 15) is 18.0 Å². The van der Waals surface area contributed by atoms with Crippen molar-refractivity contribution in [3.8, 4) is 0 Å². The summed E-state index contributed by atoms with van der Waals surface area (Å²) in [6, 6.07) is 3.75. The summed E-state index contributed by atoms with van der Waals surface area (Å²) >= 11 is 1.44. The first-order chi connectivity index (χ1) is 14.6. The van der Waals surface area contributed by atoms with Crippen LogP contribution in [0.1, 0.15) is 39.0 Å². The van der Waals surface area contributed by atoms with Crippen LogP contribution in [0.25, 0.3) is 0 Å².